The minimum absolute atomic E-state index is 0.118. The third kappa shape index (κ3) is 6.28. The van der Waals surface area contributed by atoms with E-state index in [0.717, 1.165) is 0 Å². The number of likely N-dealkylation sites (N-methyl/N-ethyl adjacent to an activating group) is 1. The third-order valence-corrected chi connectivity index (χ3v) is 3.39. The molecular weight excluding hydrogens is 318 g/mol. The molecule has 0 aliphatic rings. The van der Waals surface area contributed by atoms with E-state index < -0.39 is 11.9 Å². The van der Waals surface area contributed by atoms with Crippen molar-refractivity contribution in [3.05, 3.63) is 34.9 Å². The highest BCUT2D eigenvalue weighted by Crippen LogP contribution is 2.10. The van der Waals surface area contributed by atoms with Gasteiger partial charge in [0.25, 0.3) is 5.91 Å². The lowest BCUT2D eigenvalue weighted by atomic mass is 10.0. The summed E-state index contributed by atoms with van der Waals surface area (Å²) in [6, 6.07) is 5.66. The highest BCUT2D eigenvalue weighted by molar-refractivity contribution is 6.30. The van der Waals surface area contributed by atoms with Gasteiger partial charge in [0.05, 0.1) is 6.54 Å². The van der Waals surface area contributed by atoms with E-state index in [0.29, 0.717) is 17.1 Å². The molecule has 1 aromatic carbocycles. The maximum absolute atomic E-state index is 12.2. The number of carbonyl (C=O) groups excluding carboxylic acids is 3. The number of amides is 3. The number of hydrogen-bond donors (Lipinski definition) is 3. The summed E-state index contributed by atoms with van der Waals surface area (Å²) < 4.78 is 0. The van der Waals surface area contributed by atoms with Crippen LogP contribution in [0, 0.1) is 5.92 Å². The van der Waals surface area contributed by atoms with Crippen LogP contribution in [0.1, 0.15) is 31.1 Å². The first kappa shape index (κ1) is 19.0. The summed E-state index contributed by atoms with van der Waals surface area (Å²) in [5, 5.41) is 8.33. The van der Waals surface area contributed by atoms with Crippen molar-refractivity contribution < 1.29 is 14.4 Å². The molecule has 1 unspecified atom stereocenters. The van der Waals surface area contributed by atoms with E-state index in [2.05, 4.69) is 16.0 Å². The topological polar surface area (TPSA) is 87.3 Å². The molecule has 0 aliphatic heterocycles. The average Bonchev–Trinajstić information content (AvgIpc) is 2.50. The minimum Gasteiger partial charge on any atom is -0.355 e. The second kappa shape index (κ2) is 9.15. The van der Waals surface area contributed by atoms with Gasteiger partial charge in [-0.1, -0.05) is 25.4 Å². The van der Waals surface area contributed by atoms with Crippen LogP contribution in [0.3, 0.4) is 0 Å². The summed E-state index contributed by atoms with van der Waals surface area (Å²) in [5.74, 6) is -1.16. The Kier molecular flexibility index (Phi) is 7.54. The number of carbonyl (C=O) groups is 3. The second-order valence-electron chi connectivity index (χ2n) is 5.37. The molecule has 6 nitrogen and oxygen atoms in total. The third-order valence-electron chi connectivity index (χ3n) is 3.14. The minimum atomic E-state index is -0.729. The standard InChI is InChI=1S/C16H22ClN3O3/c1-4-18-13(21)9-19-16(23)14(10(2)3)20-15(22)11-5-7-12(17)8-6-11/h5-8,10,14H,4,9H2,1-3H3,(H,18,21)(H,19,23)(H,20,22). The van der Waals surface area contributed by atoms with E-state index in [-0.39, 0.29) is 24.3 Å². The first-order valence-electron chi connectivity index (χ1n) is 7.46. The van der Waals surface area contributed by atoms with Gasteiger partial charge in [-0.3, -0.25) is 14.4 Å². The number of nitrogens with one attached hydrogen (secondary N) is 3. The normalized spacial score (nSPS) is 11.7. The molecule has 7 heteroatoms. The van der Waals surface area contributed by atoms with Crippen LogP contribution in [-0.2, 0) is 9.59 Å². The molecule has 0 aromatic heterocycles. The van der Waals surface area contributed by atoms with Gasteiger partial charge >= 0.3 is 0 Å². The molecule has 0 spiro atoms. The van der Waals surface area contributed by atoms with Crippen LogP contribution in [0.4, 0.5) is 0 Å². The van der Waals surface area contributed by atoms with Gasteiger partial charge in [-0.15, -0.1) is 0 Å². The van der Waals surface area contributed by atoms with Crippen molar-refractivity contribution in [1.29, 1.82) is 0 Å². The summed E-state index contributed by atoms with van der Waals surface area (Å²) in [4.78, 5) is 35.8. The molecule has 0 bridgehead atoms. The SMILES string of the molecule is CCNC(=O)CNC(=O)C(NC(=O)c1ccc(Cl)cc1)C(C)C. The Morgan fingerprint density at radius 2 is 1.70 bits per heavy atom. The van der Waals surface area contributed by atoms with E-state index in [1.54, 1.807) is 31.2 Å². The van der Waals surface area contributed by atoms with E-state index in [9.17, 15) is 14.4 Å². The molecule has 0 saturated carbocycles. The van der Waals surface area contributed by atoms with E-state index in [4.69, 9.17) is 11.6 Å². The monoisotopic (exact) mass is 339 g/mol. The maximum atomic E-state index is 12.2. The van der Waals surface area contributed by atoms with Crippen molar-refractivity contribution in [3.8, 4) is 0 Å². The summed E-state index contributed by atoms with van der Waals surface area (Å²) >= 11 is 5.79. The zero-order valence-electron chi connectivity index (χ0n) is 13.5. The van der Waals surface area contributed by atoms with Gasteiger partial charge in [0, 0.05) is 17.1 Å². The first-order valence-corrected chi connectivity index (χ1v) is 7.83. The van der Waals surface area contributed by atoms with Crippen molar-refractivity contribution in [3.63, 3.8) is 0 Å². The van der Waals surface area contributed by atoms with Gasteiger partial charge in [0.1, 0.15) is 6.04 Å². The van der Waals surface area contributed by atoms with Crippen LogP contribution in [0.5, 0.6) is 0 Å². The van der Waals surface area contributed by atoms with Gasteiger partial charge in [-0.05, 0) is 37.1 Å². The molecule has 3 amide bonds. The molecular formula is C16H22ClN3O3. The Labute approximate surface area is 141 Å². The number of benzene rings is 1. The van der Waals surface area contributed by atoms with Crippen molar-refractivity contribution >= 4 is 29.3 Å². The Morgan fingerprint density at radius 3 is 2.22 bits per heavy atom. The molecule has 1 rings (SSSR count). The molecule has 0 fully saturated rings. The number of rotatable bonds is 7. The summed E-state index contributed by atoms with van der Waals surface area (Å²) in [5.41, 5.74) is 0.413. The quantitative estimate of drug-likeness (QED) is 0.700. The zero-order chi connectivity index (χ0) is 17.4. The van der Waals surface area contributed by atoms with Gasteiger partial charge in [-0.2, -0.15) is 0 Å². The van der Waals surface area contributed by atoms with Crippen LogP contribution >= 0.6 is 11.6 Å². The largest absolute Gasteiger partial charge is 0.355 e. The van der Waals surface area contributed by atoms with Gasteiger partial charge < -0.3 is 16.0 Å². The molecule has 0 radical (unpaired) electrons. The average molecular weight is 340 g/mol. The van der Waals surface area contributed by atoms with Gasteiger partial charge in [0.15, 0.2) is 0 Å². The van der Waals surface area contributed by atoms with Gasteiger partial charge in [0.2, 0.25) is 11.8 Å². The van der Waals surface area contributed by atoms with Crippen molar-refractivity contribution in [1.82, 2.24) is 16.0 Å². The predicted octanol–water partition coefficient (Wildman–Crippen LogP) is 1.35. The Morgan fingerprint density at radius 1 is 1.09 bits per heavy atom. The maximum Gasteiger partial charge on any atom is 0.251 e. The van der Waals surface area contributed by atoms with Crippen molar-refractivity contribution in [2.24, 2.45) is 5.92 Å². The van der Waals surface area contributed by atoms with Crippen molar-refractivity contribution in [2.75, 3.05) is 13.1 Å². The fraction of sp³-hybridized carbons (Fsp3) is 0.438. The second-order valence-corrected chi connectivity index (χ2v) is 5.81. The number of hydrogen-bond acceptors (Lipinski definition) is 3. The van der Waals surface area contributed by atoms with Crippen LogP contribution in [0.15, 0.2) is 24.3 Å². The van der Waals surface area contributed by atoms with Crippen LogP contribution in [-0.4, -0.2) is 36.9 Å². The van der Waals surface area contributed by atoms with Gasteiger partial charge in [-0.25, -0.2) is 0 Å². The summed E-state index contributed by atoms with van der Waals surface area (Å²) in [6.07, 6.45) is 0. The van der Waals surface area contributed by atoms with Crippen LogP contribution < -0.4 is 16.0 Å². The Balaban J connectivity index is 2.67. The fourth-order valence-electron chi connectivity index (χ4n) is 1.90. The smallest absolute Gasteiger partial charge is 0.251 e. The molecule has 0 saturated heterocycles. The van der Waals surface area contributed by atoms with Crippen LogP contribution in [0.25, 0.3) is 0 Å². The predicted molar refractivity (Wildman–Crippen MR) is 89.2 cm³/mol. The lowest BCUT2D eigenvalue weighted by Gasteiger charge is -2.21. The molecule has 1 atom stereocenters. The van der Waals surface area contributed by atoms with Crippen molar-refractivity contribution in [2.45, 2.75) is 26.8 Å². The van der Waals surface area contributed by atoms with E-state index in [1.165, 1.54) is 0 Å². The Hall–Kier alpha value is -2.08. The number of halogens is 1. The zero-order valence-corrected chi connectivity index (χ0v) is 14.2. The van der Waals surface area contributed by atoms with E-state index in [1.807, 2.05) is 13.8 Å². The lowest BCUT2D eigenvalue weighted by molar-refractivity contribution is -0.127. The Bertz CT molecular complexity index is 558. The fourth-order valence-corrected chi connectivity index (χ4v) is 2.02. The molecule has 3 N–H and O–H groups in total. The molecule has 1 aromatic rings. The summed E-state index contributed by atoms with van der Waals surface area (Å²) in [7, 11) is 0. The summed E-state index contributed by atoms with van der Waals surface area (Å²) in [6.45, 7) is 5.81. The van der Waals surface area contributed by atoms with E-state index >= 15 is 0 Å². The highest BCUT2D eigenvalue weighted by atomic mass is 35.5. The van der Waals surface area contributed by atoms with Crippen LogP contribution in [0.2, 0.25) is 5.02 Å². The molecule has 126 valence electrons. The lowest BCUT2D eigenvalue weighted by Crippen LogP contribution is -2.51. The molecule has 0 aliphatic carbocycles. The molecule has 23 heavy (non-hydrogen) atoms. The highest BCUT2D eigenvalue weighted by Gasteiger charge is 2.24. The molecule has 0 heterocycles. The first-order chi connectivity index (χ1) is 10.8.